The van der Waals surface area contributed by atoms with E-state index in [2.05, 4.69) is 74.7 Å². The van der Waals surface area contributed by atoms with Gasteiger partial charge in [0.2, 0.25) is 0 Å². The molecular formula is C34H48N4O. The normalized spacial score (nSPS) is 12.3. The molecule has 0 spiro atoms. The molecule has 210 valence electrons. The summed E-state index contributed by atoms with van der Waals surface area (Å²) in [5, 5.41) is 0. The lowest BCUT2D eigenvalue weighted by Gasteiger charge is -2.30. The van der Waals surface area contributed by atoms with Crippen molar-refractivity contribution in [2.45, 2.75) is 80.3 Å². The molecular weight excluding hydrogens is 480 g/mol. The first kappa shape index (κ1) is 31.8. The molecule has 39 heavy (non-hydrogen) atoms. The van der Waals surface area contributed by atoms with Crippen molar-refractivity contribution >= 4 is 16.9 Å². The lowest BCUT2D eigenvalue weighted by molar-refractivity contribution is -0.129. The highest BCUT2D eigenvalue weighted by Gasteiger charge is 2.28. The first-order valence-corrected chi connectivity index (χ1v) is 14.3. The van der Waals surface area contributed by atoms with Crippen LogP contribution in [0.4, 0.5) is 0 Å². The first-order valence-electron chi connectivity index (χ1n) is 14.3. The topological polar surface area (TPSA) is 64.2 Å². The van der Waals surface area contributed by atoms with Gasteiger partial charge in [-0.2, -0.15) is 0 Å². The lowest BCUT2D eigenvalue weighted by Crippen LogP contribution is -2.37. The van der Waals surface area contributed by atoms with Crippen LogP contribution in [0.2, 0.25) is 0 Å². The van der Waals surface area contributed by atoms with E-state index in [1.165, 1.54) is 17.5 Å². The predicted octanol–water partition coefficient (Wildman–Crippen LogP) is 7.77. The second-order valence-corrected chi connectivity index (χ2v) is 10.1. The van der Waals surface area contributed by atoms with E-state index in [4.69, 9.17) is 10.7 Å². The van der Waals surface area contributed by atoms with E-state index in [9.17, 15) is 4.79 Å². The zero-order chi connectivity index (χ0) is 28.8. The second kappa shape index (κ2) is 16.5. The van der Waals surface area contributed by atoms with Crippen molar-refractivity contribution in [3.63, 3.8) is 0 Å². The maximum Gasteiger partial charge on any atom is 0.254 e. The third-order valence-electron chi connectivity index (χ3n) is 6.35. The van der Waals surface area contributed by atoms with Gasteiger partial charge in [0.1, 0.15) is 5.82 Å². The fourth-order valence-corrected chi connectivity index (χ4v) is 4.43. The van der Waals surface area contributed by atoms with Crippen molar-refractivity contribution in [1.82, 2.24) is 14.5 Å². The molecule has 1 amide bonds. The molecule has 1 aromatic heterocycles. The number of imidazole rings is 1. The minimum absolute atomic E-state index is 0.0133. The number of carbonyl (C=O) groups is 1. The molecule has 0 radical (unpaired) electrons. The van der Waals surface area contributed by atoms with Gasteiger partial charge in [0.05, 0.1) is 17.1 Å². The van der Waals surface area contributed by atoms with Gasteiger partial charge in [-0.1, -0.05) is 93.5 Å². The molecule has 1 heterocycles. The van der Waals surface area contributed by atoms with E-state index in [-0.39, 0.29) is 11.9 Å². The zero-order valence-corrected chi connectivity index (χ0v) is 25.1. The number of fused-ring (bicyclic) bond motifs is 1. The Bertz CT molecular complexity index is 1260. The molecule has 5 heteroatoms. The number of allylic oxidation sites excluding steroid dienone is 4. The average Bonchev–Trinajstić information content (AvgIpc) is 3.30. The van der Waals surface area contributed by atoms with E-state index in [1.54, 1.807) is 0 Å². The van der Waals surface area contributed by atoms with Gasteiger partial charge in [0, 0.05) is 18.7 Å². The molecule has 1 atom stereocenters. The van der Waals surface area contributed by atoms with Gasteiger partial charge in [-0.25, -0.2) is 4.98 Å². The molecule has 3 aromatic rings. The molecule has 0 saturated carbocycles. The molecule has 0 fully saturated rings. The van der Waals surface area contributed by atoms with Crippen molar-refractivity contribution in [3.05, 3.63) is 101 Å². The van der Waals surface area contributed by atoms with E-state index >= 15 is 0 Å². The maximum atomic E-state index is 13.9. The SMILES string of the molecule is C/C=C\C(=C/C=C(C)C)C(=O)N(CCCN)C(C)c1nc2c(CC)cccc2n1Cc1ccccc1.CCC. The summed E-state index contributed by atoms with van der Waals surface area (Å²) in [4.78, 5) is 21.0. The summed E-state index contributed by atoms with van der Waals surface area (Å²) < 4.78 is 2.27. The minimum Gasteiger partial charge on any atom is -0.330 e. The second-order valence-electron chi connectivity index (χ2n) is 10.1. The van der Waals surface area contributed by atoms with Crippen molar-refractivity contribution in [2.75, 3.05) is 13.1 Å². The van der Waals surface area contributed by atoms with Crippen LogP contribution in [0.3, 0.4) is 0 Å². The molecule has 5 nitrogen and oxygen atoms in total. The summed E-state index contributed by atoms with van der Waals surface area (Å²) in [6.07, 6.45) is 10.6. The largest absolute Gasteiger partial charge is 0.330 e. The maximum absolute atomic E-state index is 13.9. The van der Waals surface area contributed by atoms with Crippen LogP contribution in [0.5, 0.6) is 0 Å². The number of para-hydroxylation sites is 1. The highest BCUT2D eigenvalue weighted by Crippen LogP contribution is 2.29. The standard InChI is InChI=1S/C31H40N4O.C3H8/c1-6-13-27(19-18-23(3)4)31(36)34(21-12-20-32)24(5)30-33-29-26(7-2)16-11-17-28(29)35(30)22-25-14-9-8-10-15-25;1-3-2/h6,8-11,13-19,24H,7,12,20-22,32H2,1-5H3;3H2,1-2H3/b13-6-,27-19+;. The number of hydrogen-bond acceptors (Lipinski definition) is 3. The van der Waals surface area contributed by atoms with Crippen LogP contribution < -0.4 is 5.73 Å². The van der Waals surface area contributed by atoms with Crippen LogP contribution in [0.15, 0.2) is 84.0 Å². The summed E-state index contributed by atoms with van der Waals surface area (Å²) >= 11 is 0. The van der Waals surface area contributed by atoms with Crippen LogP contribution in [0.25, 0.3) is 11.0 Å². The first-order chi connectivity index (χ1) is 18.8. The summed E-state index contributed by atoms with van der Waals surface area (Å²) in [5.74, 6) is 0.878. The summed E-state index contributed by atoms with van der Waals surface area (Å²) in [7, 11) is 0. The van der Waals surface area contributed by atoms with Crippen LogP contribution in [0.1, 0.15) is 84.3 Å². The van der Waals surface area contributed by atoms with E-state index in [0.717, 1.165) is 35.3 Å². The van der Waals surface area contributed by atoms with E-state index in [0.29, 0.717) is 25.2 Å². The number of carbonyl (C=O) groups excluding carboxylic acids is 1. The molecule has 0 aliphatic heterocycles. The van der Waals surface area contributed by atoms with Crippen LogP contribution in [-0.2, 0) is 17.8 Å². The van der Waals surface area contributed by atoms with Crippen molar-refractivity contribution in [1.29, 1.82) is 0 Å². The Labute approximate surface area is 236 Å². The van der Waals surface area contributed by atoms with Crippen LogP contribution in [-0.4, -0.2) is 33.4 Å². The third kappa shape index (κ3) is 8.79. The Hall–Kier alpha value is -3.44. The fourth-order valence-electron chi connectivity index (χ4n) is 4.43. The number of hydrogen-bond donors (Lipinski definition) is 1. The third-order valence-corrected chi connectivity index (χ3v) is 6.35. The quantitative estimate of drug-likeness (QED) is 0.204. The van der Waals surface area contributed by atoms with Crippen LogP contribution in [0, 0.1) is 0 Å². The number of amides is 1. The molecule has 0 aliphatic rings. The highest BCUT2D eigenvalue weighted by atomic mass is 16.2. The Kier molecular flexibility index (Phi) is 13.4. The summed E-state index contributed by atoms with van der Waals surface area (Å²) in [5.41, 5.74) is 12.2. The number of nitrogens with two attached hydrogens (primary N) is 1. The van der Waals surface area contributed by atoms with Gasteiger partial charge in [0.25, 0.3) is 5.91 Å². The number of aryl methyl sites for hydroxylation is 1. The number of aromatic nitrogens is 2. The molecule has 0 aliphatic carbocycles. The Balaban J connectivity index is 0.00000170. The molecule has 0 bridgehead atoms. The van der Waals surface area contributed by atoms with Gasteiger partial charge >= 0.3 is 0 Å². The summed E-state index contributed by atoms with van der Waals surface area (Å²) in [6, 6.07) is 16.6. The Morgan fingerprint density at radius 3 is 2.33 bits per heavy atom. The zero-order valence-electron chi connectivity index (χ0n) is 25.1. The van der Waals surface area contributed by atoms with Gasteiger partial charge in [-0.3, -0.25) is 4.79 Å². The molecule has 1 unspecified atom stereocenters. The highest BCUT2D eigenvalue weighted by molar-refractivity contribution is 5.96. The Morgan fingerprint density at radius 1 is 1.05 bits per heavy atom. The average molecular weight is 529 g/mol. The smallest absolute Gasteiger partial charge is 0.254 e. The number of rotatable bonds is 11. The lowest BCUT2D eigenvalue weighted by atomic mass is 10.1. The van der Waals surface area contributed by atoms with Crippen molar-refractivity contribution < 1.29 is 4.79 Å². The van der Waals surface area contributed by atoms with Gasteiger partial charge in [0.15, 0.2) is 0 Å². The van der Waals surface area contributed by atoms with E-state index < -0.39 is 0 Å². The fraction of sp³-hybridized carbons (Fsp3) is 0.412. The summed E-state index contributed by atoms with van der Waals surface area (Å²) in [6.45, 7) is 16.3. The van der Waals surface area contributed by atoms with Crippen molar-refractivity contribution in [2.24, 2.45) is 5.73 Å². The van der Waals surface area contributed by atoms with Crippen molar-refractivity contribution in [3.8, 4) is 0 Å². The minimum atomic E-state index is -0.231. The van der Waals surface area contributed by atoms with Gasteiger partial charge in [-0.05, 0) is 70.4 Å². The monoisotopic (exact) mass is 528 g/mol. The van der Waals surface area contributed by atoms with E-state index in [1.807, 2.05) is 56.0 Å². The number of benzene rings is 2. The molecule has 0 saturated heterocycles. The van der Waals surface area contributed by atoms with Gasteiger partial charge in [-0.15, -0.1) is 0 Å². The predicted molar refractivity (Wildman–Crippen MR) is 167 cm³/mol. The molecule has 2 aromatic carbocycles. The van der Waals surface area contributed by atoms with Crippen LogP contribution >= 0.6 is 0 Å². The number of nitrogens with zero attached hydrogens (tertiary/aromatic N) is 3. The Morgan fingerprint density at radius 2 is 1.74 bits per heavy atom. The van der Waals surface area contributed by atoms with Gasteiger partial charge < -0.3 is 15.2 Å². The molecule has 2 N–H and O–H groups in total. The molecule has 3 rings (SSSR count).